The van der Waals surface area contributed by atoms with Gasteiger partial charge in [-0.2, -0.15) is 0 Å². The molecule has 2 aliphatic rings. The second-order valence-electron chi connectivity index (χ2n) is 4.75. The molecule has 2 rings (SSSR count). The molecule has 0 aromatic carbocycles. The SMILES string of the molecule is C=CCN1C(=O)[C@@H](C=NC2CCCC2)C(=O)NC1=S. The molecule has 102 valence electrons. The van der Waals surface area contributed by atoms with Crippen LogP contribution in [0, 0.1) is 5.92 Å². The van der Waals surface area contributed by atoms with Crippen LogP contribution in [0.4, 0.5) is 0 Å². The second kappa shape index (κ2) is 6.06. The maximum atomic E-state index is 12.2. The molecule has 1 saturated carbocycles. The van der Waals surface area contributed by atoms with Gasteiger partial charge in [-0.25, -0.2) is 0 Å². The summed E-state index contributed by atoms with van der Waals surface area (Å²) in [7, 11) is 0. The van der Waals surface area contributed by atoms with Crippen molar-refractivity contribution in [1.82, 2.24) is 10.2 Å². The van der Waals surface area contributed by atoms with Crippen molar-refractivity contribution in [1.29, 1.82) is 0 Å². The van der Waals surface area contributed by atoms with E-state index in [9.17, 15) is 9.59 Å². The summed E-state index contributed by atoms with van der Waals surface area (Å²) >= 11 is 4.97. The molecule has 0 radical (unpaired) electrons. The van der Waals surface area contributed by atoms with Gasteiger partial charge < -0.3 is 5.32 Å². The highest BCUT2D eigenvalue weighted by Gasteiger charge is 2.37. The van der Waals surface area contributed by atoms with Crippen LogP contribution in [0.1, 0.15) is 25.7 Å². The maximum Gasteiger partial charge on any atom is 0.247 e. The number of carbonyl (C=O) groups excluding carboxylic acids is 2. The van der Waals surface area contributed by atoms with Gasteiger partial charge in [0.05, 0.1) is 0 Å². The average molecular weight is 279 g/mol. The first-order valence-corrected chi connectivity index (χ1v) is 6.84. The van der Waals surface area contributed by atoms with Crippen LogP contribution in [0.15, 0.2) is 17.6 Å². The Balaban J connectivity index is 2.09. The molecule has 6 heteroatoms. The van der Waals surface area contributed by atoms with E-state index in [1.54, 1.807) is 6.08 Å². The Bertz CT molecular complexity index is 441. The van der Waals surface area contributed by atoms with Crippen molar-refractivity contribution in [3.05, 3.63) is 12.7 Å². The Morgan fingerprint density at radius 1 is 1.42 bits per heavy atom. The van der Waals surface area contributed by atoms with Gasteiger partial charge in [0.1, 0.15) is 0 Å². The third kappa shape index (κ3) is 3.07. The highest BCUT2D eigenvalue weighted by molar-refractivity contribution is 7.80. The van der Waals surface area contributed by atoms with E-state index in [-0.39, 0.29) is 17.1 Å². The number of carbonyl (C=O) groups is 2. The smallest absolute Gasteiger partial charge is 0.247 e. The van der Waals surface area contributed by atoms with E-state index >= 15 is 0 Å². The highest BCUT2D eigenvalue weighted by Crippen LogP contribution is 2.21. The molecule has 1 aliphatic heterocycles. The molecule has 2 amide bonds. The molecule has 5 nitrogen and oxygen atoms in total. The van der Waals surface area contributed by atoms with E-state index in [1.165, 1.54) is 24.0 Å². The number of nitrogens with one attached hydrogen (secondary N) is 1. The van der Waals surface area contributed by atoms with E-state index in [0.29, 0.717) is 6.54 Å². The summed E-state index contributed by atoms with van der Waals surface area (Å²) in [6, 6.07) is 0.252. The van der Waals surface area contributed by atoms with Crippen molar-refractivity contribution in [2.24, 2.45) is 10.9 Å². The molecule has 19 heavy (non-hydrogen) atoms. The van der Waals surface area contributed by atoms with E-state index in [1.807, 2.05) is 0 Å². The third-order valence-corrected chi connectivity index (χ3v) is 3.69. The number of rotatable bonds is 4. The average Bonchev–Trinajstić information content (AvgIpc) is 2.87. The summed E-state index contributed by atoms with van der Waals surface area (Å²) < 4.78 is 0. The fourth-order valence-corrected chi connectivity index (χ4v) is 2.59. The van der Waals surface area contributed by atoms with Gasteiger partial charge >= 0.3 is 0 Å². The summed E-state index contributed by atoms with van der Waals surface area (Å²) in [5.74, 6) is -1.58. The van der Waals surface area contributed by atoms with Crippen molar-refractivity contribution < 1.29 is 9.59 Å². The van der Waals surface area contributed by atoms with E-state index < -0.39 is 11.8 Å². The molecule has 0 aromatic rings. The first-order valence-electron chi connectivity index (χ1n) is 6.44. The van der Waals surface area contributed by atoms with Gasteiger partial charge in [0.25, 0.3) is 0 Å². The lowest BCUT2D eigenvalue weighted by atomic mass is 10.1. The predicted molar refractivity (Wildman–Crippen MR) is 76.9 cm³/mol. The van der Waals surface area contributed by atoms with Gasteiger partial charge in [0.2, 0.25) is 11.8 Å². The number of aliphatic imine (C=N–C) groups is 1. The molecule has 0 bridgehead atoms. The summed E-state index contributed by atoms with van der Waals surface area (Å²) in [5, 5.41) is 2.67. The minimum absolute atomic E-state index is 0.139. The Kier molecular flexibility index (Phi) is 4.42. The van der Waals surface area contributed by atoms with Crippen molar-refractivity contribution >= 4 is 35.4 Å². The Labute approximate surface area is 117 Å². The van der Waals surface area contributed by atoms with Crippen LogP contribution >= 0.6 is 12.2 Å². The van der Waals surface area contributed by atoms with Crippen molar-refractivity contribution in [2.75, 3.05) is 6.54 Å². The third-order valence-electron chi connectivity index (χ3n) is 3.37. The molecule has 1 aliphatic carbocycles. The zero-order valence-electron chi connectivity index (χ0n) is 10.7. The molecule has 1 N–H and O–H groups in total. The first-order chi connectivity index (χ1) is 9.13. The lowest BCUT2D eigenvalue weighted by Crippen LogP contribution is -2.58. The lowest BCUT2D eigenvalue weighted by molar-refractivity contribution is -0.137. The van der Waals surface area contributed by atoms with Gasteiger partial charge in [-0.1, -0.05) is 18.9 Å². The number of thiocarbonyl (C=S) groups is 1. The number of nitrogens with zero attached hydrogens (tertiary/aromatic N) is 2. The standard InChI is InChI=1S/C13H17N3O2S/c1-2-7-16-12(18)10(11(17)15-13(16)19)8-14-9-5-3-4-6-9/h2,8-10H,1,3-7H2,(H,15,17,19)/t10-/m0/s1. The van der Waals surface area contributed by atoms with Crippen LogP contribution in [0.3, 0.4) is 0 Å². The van der Waals surface area contributed by atoms with Crippen LogP contribution in [-0.4, -0.2) is 40.6 Å². The van der Waals surface area contributed by atoms with Crippen LogP contribution in [0.25, 0.3) is 0 Å². The van der Waals surface area contributed by atoms with Crippen LogP contribution in [0.2, 0.25) is 0 Å². The largest absolute Gasteiger partial charge is 0.302 e. The van der Waals surface area contributed by atoms with Gasteiger partial charge in [0, 0.05) is 18.8 Å². The monoisotopic (exact) mass is 279 g/mol. The molecular weight excluding hydrogens is 262 g/mol. The molecule has 2 fully saturated rings. The molecule has 1 heterocycles. The second-order valence-corrected chi connectivity index (χ2v) is 5.13. The number of hydrogen-bond donors (Lipinski definition) is 1. The van der Waals surface area contributed by atoms with Gasteiger partial charge in [-0.05, 0) is 25.1 Å². The summed E-state index contributed by atoms with van der Waals surface area (Å²) in [6.45, 7) is 3.87. The predicted octanol–water partition coefficient (Wildman–Crippen LogP) is 1.05. The fourth-order valence-electron chi connectivity index (χ4n) is 2.33. The van der Waals surface area contributed by atoms with Crippen LogP contribution < -0.4 is 5.32 Å². The lowest BCUT2D eigenvalue weighted by Gasteiger charge is -2.30. The minimum atomic E-state index is -0.868. The molecular formula is C13H17N3O2S. The minimum Gasteiger partial charge on any atom is -0.302 e. The normalized spacial score (nSPS) is 25.2. The zero-order chi connectivity index (χ0) is 13.8. The zero-order valence-corrected chi connectivity index (χ0v) is 11.5. The van der Waals surface area contributed by atoms with E-state index in [0.717, 1.165) is 12.8 Å². The fraction of sp³-hybridized carbons (Fsp3) is 0.538. The number of hydrogen-bond acceptors (Lipinski definition) is 4. The Morgan fingerprint density at radius 2 is 2.11 bits per heavy atom. The van der Waals surface area contributed by atoms with Crippen LogP contribution in [-0.2, 0) is 9.59 Å². The Morgan fingerprint density at radius 3 is 2.74 bits per heavy atom. The quantitative estimate of drug-likeness (QED) is 0.362. The van der Waals surface area contributed by atoms with Gasteiger partial charge in [-0.15, -0.1) is 6.58 Å². The van der Waals surface area contributed by atoms with Gasteiger partial charge in [0.15, 0.2) is 11.0 Å². The van der Waals surface area contributed by atoms with Crippen LogP contribution in [0.5, 0.6) is 0 Å². The van der Waals surface area contributed by atoms with Gasteiger partial charge in [-0.3, -0.25) is 19.5 Å². The molecule has 0 unspecified atom stereocenters. The molecule has 1 atom stereocenters. The topological polar surface area (TPSA) is 61.8 Å². The number of amides is 2. The van der Waals surface area contributed by atoms with Crippen molar-refractivity contribution in [3.8, 4) is 0 Å². The first kappa shape index (κ1) is 13.9. The van der Waals surface area contributed by atoms with E-state index in [2.05, 4.69) is 16.9 Å². The molecule has 1 saturated heterocycles. The summed E-state index contributed by atoms with van der Waals surface area (Å²) in [5.41, 5.74) is 0. The highest BCUT2D eigenvalue weighted by atomic mass is 32.1. The summed E-state index contributed by atoms with van der Waals surface area (Å²) in [4.78, 5) is 29.7. The van der Waals surface area contributed by atoms with Crippen molar-refractivity contribution in [2.45, 2.75) is 31.7 Å². The maximum absolute atomic E-state index is 12.2. The Hall–Kier alpha value is -1.56. The van der Waals surface area contributed by atoms with Crippen molar-refractivity contribution in [3.63, 3.8) is 0 Å². The molecule has 0 spiro atoms. The molecule has 0 aromatic heterocycles. The van der Waals surface area contributed by atoms with E-state index in [4.69, 9.17) is 12.2 Å². The summed E-state index contributed by atoms with van der Waals surface area (Å²) in [6.07, 6.45) is 7.46.